The van der Waals surface area contributed by atoms with Crippen LogP contribution in [0.2, 0.25) is 0 Å². The van der Waals surface area contributed by atoms with E-state index in [2.05, 4.69) is 15.6 Å². The van der Waals surface area contributed by atoms with Gasteiger partial charge in [0.2, 0.25) is 5.76 Å². The molecule has 0 aliphatic carbocycles. The Bertz CT molecular complexity index is 1100. The van der Waals surface area contributed by atoms with Crippen LogP contribution in [0.1, 0.15) is 21.7 Å². The molecule has 0 fully saturated rings. The molecule has 1 amide bonds. The third-order valence-corrected chi connectivity index (χ3v) is 5.26. The van der Waals surface area contributed by atoms with Crippen LogP contribution < -0.4 is 5.32 Å². The number of fused-ring (bicyclic) bond motifs is 1. The average molecular weight is 378 g/mol. The maximum Gasteiger partial charge on any atom is 0.279 e. The summed E-state index contributed by atoms with van der Waals surface area (Å²) in [4.78, 5) is 12.8. The zero-order valence-electron chi connectivity index (χ0n) is 14.1. The highest BCUT2D eigenvalue weighted by molar-refractivity contribution is 7.98. The summed E-state index contributed by atoms with van der Waals surface area (Å²) >= 11 is 1.78. The number of nitrogens with one attached hydrogen (secondary N) is 1. The van der Waals surface area contributed by atoms with Gasteiger partial charge in [-0.25, -0.2) is 4.68 Å². The Kier molecular flexibility index (Phi) is 3.83. The molecular formula is C19H14N4O3S. The molecule has 134 valence electrons. The lowest BCUT2D eigenvalue weighted by atomic mass is 10.2. The molecule has 1 N–H and O–H groups in total. The van der Waals surface area contributed by atoms with Crippen LogP contribution in [0.15, 0.2) is 63.7 Å². The predicted octanol–water partition coefficient (Wildman–Crippen LogP) is 4.12. The Balaban J connectivity index is 1.48. The Morgan fingerprint density at radius 3 is 2.81 bits per heavy atom. The second kappa shape index (κ2) is 6.48. The van der Waals surface area contributed by atoms with E-state index in [1.807, 2.05) is 30.3 Å². The topological polar surface area (TPSA) is 86.1 Å². The van der Waals surface area contributed by atoms with E-state index in [1.54, 1.807) is 34.6 Å². The molecule has 0 saturated carbocycles. The van der Waals surface area contributed by atoms with Gasteiger partial charge in [0.15, 0.2) is 11.5 Å². The average Bonchev–Trinajstić information content (AvgIpc) is 3.47. The van der Waals surface area contributed by atoms with E-state index < -0.39 is 0 Å². The lowest BCUT2D eigenvalue weighted by molar-refractivity contribution is 0.101. The first-order valence-corrected chi connectivity index (χ1v) is 9.51. The number of carbonyl (C=O) groups excluding carboxylic acids is 1. The van der Waals surface area contributed by atoms with Crippen molar-refractivity contribution in [2.45, 2.75) is 11.5 Å². The second-order valence-corrected chi connectivity index (χ2v) is 7.01. The molecule has 5 rings (SSSR count). The summed E-state index contributed by atoms with van der Waals surface area (Å²) < 4.78 is 12.3. The Morgan fingerprint density at radius 2 is 2.00 bits per heavy atom. The van der Waals surface area contributed by atoms with E-state index in [0.717, 1.165) is 28.5 Å². The van der Waals surface area contributed by atoms with Crippen molar-refractivity contribution in [1.82, 2.24) is 14.9 Å². The monoisotopic (exact) mass is 378 g/mol. The molecule has 0 bridgehead atoms. The number of furan rings is 1. The largest absolute Gasteiger partial charge is 0.461 e. The van der Waals surface area contributed by atoms with Crippen molar-refractivity contribution < 1.29 is 13.7 Å². The van der Waals surface area contributed by atoms with Gasteiger partial charge in [0.1, 0.15) is 5.82 Å². The van der Waals surface area contributed by atoms with E-state index >= 15 is 0 Å². The van der Waals surface area contributed by atoms with Crippen molar-refractivity contribution in [1.29, 1.82) is 0 Å². The fraction of sp³-hybridized carbons (Fsp3) is 0.105. The number of aromatic nitrogens is 3. The third-order valence-electron chi connectivity index (χ3n) is 4.29. The SMILES string of the molecule is O=C(Nc1c2c(nn1-c1ccccc1)CSC2)c1cc(-c2ccco2)on1. The number of amides is 1. The van der Waals surface area contributed by atoms with E-state index in [0.29, 0.717) is 17.3 Å². The Hall–Kier alpha value is -3.26. The van der Waals surface area contributed by atoms with Gasteiger partial charge in [0.05, 0.1) is 17.6 Å². The Morgan fingerprint density at radius 1 is 1.11 bits per heavy atom. The second-order valence-electron chi connectivity index (χ2n) is 6.02. The molecule has 7 nitrogen and oxygen atoms in total. The van der Waals surface area contributed by atoms with Crippen LogP contribution in [0.4, 0.5) is 5.82 Å². The fourth-order valence-corrected chi connectivity index (χ4v) is 4.02. The minimum atomic E-state index is -0.353. The maximum atomic E-state index is 12.8. The predicted molar refractivity (Wildman–Crippen MR) is 101 cm³/mol. The zero-order chi connectivity index (χ0) is 18.2. The fourth-order valence-electron chi connectivity index (χ4n) is 2.99. The molecule has 0 unspecified atom stereocenters. The molecule has 0 spiro atoms. The number of para-hydroxylation sites is 1. The minimum absolute atomic E-state index is 0.182. The zero-order valence-corrected chi connectivity index (χ0v) is 14.9. The number of rotatable bonds is 4. The first kappa shape index (κ1) is 16.0. The lowest BCUT2D eigenvalue weighted by Gasteiger charge is -2.09. The van der Waals surface area contributed by atoms with Gasteiger partial charge in [-0.05, 0) is 24.3 Å². The highest BCUT2D eigenvalue weighted by Crippen LogP contribution is 2.36. The first-order chi connectivity index (χ1) is 13.3. The van der Waals surface area contributed by atoms with Crippen molar-refractivity contribution in [2.75, 3.05) is 5.32 Å². The highest BCUT2D eigenvalue weighted by atomic mass is 32.2. The molecule has 27 heavy (non-hydrogen) atoms. The highest BCUT2D eigenvalue weighted by Gasteiger charge is 2.26. The van der Waals surface area contributed by atoms with E-state index in [-0.39, 0.29) is 11.6 Å². The molecule has 8 heteroatoms. The van der Waals surface area contributed by atoms with E-state index in [9.17, 15) is 4.79 Å². The number of thioether (sulfide) groups is 1. The molecule has 4 aromatic rings. The van der Waals surface area contributed by atoms with Crippen LogP contribution in [-0.2, 0) is 11.5 Å². The molecule has 1 aliphatic heterocycles. The number of hydrogen-bond donors (Lipinski definition) is 1. The van der Waals surface area contributed by atoms with Gasteiger partial charge in [-0.3, -0.25) is 4.79 Å². The van der Waals surface area contributed by atoms with Crippen LogP contribution in [0.3, 0.4) is 0 Å². The van der Waals surface area contributed by atoms with Gasteiger partial charge in [0, 0.05) is 23.1 Å². The third kappa shape index (κ3) is 2.83. The van der Waals surface area contributed by atoms with Crippen LogP contribution >= 0.6 is 11.8 Å². The molecule has 3 aromatic heterocycles. The molecule has 0 radical (unpaired) electrons. The molecule has 4 heterocycles. The standard InChI is InChI=1S/C19H14N4O3S/c24-19(14-9-17(26-22-14)16-7-4-8-25-16)20-18-13-10-27-11-15(13)21-23(18)12-5-2-1-3-6-12/h1-9H,10-11H2,(H,20,24). The van der Waals surface area contributed by atoms with Crippen LogP contribution in [0.5, 0.6) is 0 Å². The quantitative estimate of drug-likeness (QED) is 0.575. The van der Waals surface area contributed by atoms with E-state index in [4.69, 9.17) is 8.94 Å². The van der Waals surface area contributed by atoms with Gasteiger partial charge in [-0.1, -0.05) is 23.4 Å². The normalized spacial score (nSPS) is 12.9. The molecule has 0 saturated heterocycles. The Labute approximate surface area is 158 Å². The maximum absolute atomic E-state index is 12.8. The summed E-state index contributed by atoms with van der Waals surface area (Å²) in [5.41, 5.74) is 3.12. The molecule has 0 atom stereocenters. The van der Waals surface area contributed by atoms with Crippen LogP contribution in [0, 0.1) is 0 Å². The van der Waals surface area contributed by atoms with E-state index in [1.165, 1.54) is 6.26 Å². The summed E-state index contributed by atoms with van der Waals surface area (Å²) in [5, 5.41) is 11.5. The van der Waals surface area contributed by atoms with Crippen LogP contribution in [0.25, 0.3) is 17.2 Å². The van der Waals surface area contributed by atoms with Crippen molar-refractivity contribution in [3.63, 3.8) is 0 Å². The van der Waals surface area contributed by atoms with Crippen molar-refractivity contribution in [3.8, 4) is 17.2 Å². The van der Waals surface area contributed by atoms with Gasteiger partial charge in [0.25, 0.3) is 5.91 Å². The van der Waals surface area contributed by atoms with Gasteiger partial charge < -0.3 is 14.3 Å². The minimum Gasteiger partial charge on any atom is -0.461 e. The van der Waals surface area contributed by atoms with Crippen LogP contribution in [-0.4, -0.2) is 20.8 Å². The van der Waals surface area contributed by atoms with Gasteiger partial charge in [-0.15, -0.1) is 0 Å². The number of benzene rings is 1. The number of carbonyl (C=O) groups is 1. The molecule has 1 aromatic carbocycles. The van der Waals surface area contributed by atoms with Crippen molar-refractivity contribution in [3.05, 3.63) is 71.7 Å². The summed E-state index contributed by atoms with van der Waals surface area (Å²) in [6.45, 7) is 0. The summed E-state index contributed by atoms with van der Waals surface area (Å²) in [6, 6.07) is 14.8. The molecular weight excluding hydrogens is 364 g/mol. The van der Waals surface area contributed by atoms with Crippen molar-refractivity contribution >= 4 is 23.5 Å². The number of anilines is 1. The lowest BCUT2D eigenvalue weighted by Crippen LogP contribution is -2.16. The first-order valence-electron chi connectivity index (χ1n) is 8.35. The number of hydrogen-bond acceptors (Lipinski definition) is 6. The number of nitrogens with zero attached hydrogens (tertiary/aromatic N) is 3. The smallest absolute Gasteiger partial charge is 0.279 e. The molecule has 1 aliphatic rings. The summed E-state index contributed by atoms with van der Waals surface area (Å²) in [7, 11) is 0. The summed E-state index contributed by atoms with van der Waals surface area (Å²) in [5.74, 6) is 2.90. The van der Waals surface area contributed by atoms with Gasteiger partial charge >= 0.3 is 0 Å². The summed E-state index contributed by atoms with van der Waals surface area (Å²) in [6.07, 6.45) is 1.54. The van der Waals surface area contributed by atoms with Crippen molar-refractivity contribution in [2.24, 2.45) is 0 Å². The van der Waals surface area contributed by atoms with Gasteiger partial charge in [-0.2, -0.15) is 16.9 Å².